The van der Waals surface area contributed by atoms with E-state index in [1.54, 1.807) is 11.3 Å². The molecule has 0 amide bonds. The van der Waals surface area contributed by atoms with E-state index in [1.165, 1.54) is 10.4 Å². The number of thiazole rings is 1. The lowest BCUT2D eigenvalue weighted by molar-refractivity contribution is 0.0989. The van der Waals surface area contributed by atoms with Crippen molar-refractivity contribution in [2.24, 2.45) is 0 Å². The number of nitrogens with zero attached hydrogens (tertiary/aromatic N) is 2. The second-order valence-corrected chi connectivity index (χ2v) is 6.34. The third-order valence-corrected chi connectivity index (χ3v) is 4.78. The molecule has 0 saturated carbocycles. The zero-order valence-electron chi connectivity index (χ0n) is 12.5. The van der Waals surface area contributed by atoms with Crippen LogP contribution in [0.25, 0.3) is 11.3 Å². The van der Waals surface area contributed by atoms with Crippen LogP contribution in [-0.4, -0.2) is 37.8 Å². The van der Waals surface area contributed by atoms with Crippen LogP contribution in [0.2, 0.25) is 0 Å². The summed E-state index contributed by atoms with van der Waals surface area (Å²) in [4.78, 5) is 8.57. The summed E-state index contributed by atoms with van der Waals surface area (Å²) >= 11 is 1.79. The summed E-state index contributed by atoms with van der Waals surface area (Å²) < 4.78 is 5.53. The van der Waals surface area contributed by atoms with Crippen LogP contribution < -0.4 is 10.2 Å². The van der Waals surface area contributed by atoms with Gasteiger partial charge in [-0.15, -0.1) is 0 Å². The van der Waals surface area contributed by atoms with Crippen LogP contribution in [-0.2, 0) is 11.3 Å². The first-order chi connectivity index (χ1) is 10.3. The topological polar surface area (TPSA) is 37.4 Å². The maximum atomic E-state index is 5.53. The van der Waals surface area contributed by atoms with Gasteiger partial charge in [0.15, 0.2) is 5.13 Å². The minimum Gasteiger partial charge on any atom is -0.377 e. The Labute approximate surface area is 129 Å². The first-order valence-electron chi connectivity index (χ1n) is 7.33. The lowest BCUT2D eigenvalue weighted by atomic mass is 10.1. The number of nitrogens with one attached hydrogen (secondary N) is 1. The number of ether oxygens (including phenoxy) is 1. The summed E-state index contributed by atoms with van der Waals surface area (Å²) in [6.45, 7) is 5.52. The molecule has 2 heterocycles. The minimum atomic E-state index is 0.385. The van der Waals surface area contributed by atoms with Crippen molar-refractivity contribution in [1.29, 1.82) is 0 Å². The molecule has 1 atom stereocenters. The number of morpholine rings is 1. The minimum absolute atomic E-state index is 0.385. The molecular formula is C16H21N3OS. The van der Waals surface area contributed by atoms with E-state index in [9.17, 15) is 0 Å². The Morgan fingerprint density at radius 2 is 2.19 bits per heavy atom. The molecule has 4 nitrogen and oxygen atoms in total. The summed E-state index contributed by atoms with van der Waals surface area (Å²) in [5.74, 6) is 0. The highest BCUT2D eigenvalue weighted by molar-refractivity contribution is 7.16. The second kappa shape index (κ2) is 6.56. The highest BCUT2D eigenvalue weighted by atomic mass is 32.1. The molecule has 1 saturated heterocycles. The summed E-state index contributed by atoms with van der Waals surface area (Å²) in [6.07, 6.45) is 0. The van der Waals surface area contributed by atoms with E-state index in [0.717, 1.165) is 37.1 Å². The molecular weight excluding hydrogens is 282 g/mol. The molecule has 1 aliphatic rings. The Kier molecular flexibility index (Phi) is 4.53. The normalized spacial score (nSPS) is 19.0. The van der Waals surface area contributed by atoms with Crippen LogP contribution in [0.15, 0.2) is 30.3 Å². The van der Waals surface area contributed by atoms with Crippen molar-refractivity contribution in [1.82, 2.24) is 10.3 Å². The molecule has 1 aromatic carbocycles. The maximum absolute atomic E-state index is 5.53. The second-order valence-electron chi connectivity index (χ2n) is 5.28. The van der Waals surface area contributed by atoms with Crippen LogP contribution in [0.1, 0.15) is 11.8 Å². The van der Waals surface area contributed by atoms with Crippen molar-refractivity contribution in [3.05, 3.63) is 35.2 Å². The molecule has 1 unspecified atom stereocenters. The zero-order valence-corrected chi connectivity index (χ0v) is 13.3. The van der Waals surface area contributed by atoms with E-state index in [4.69, 9.17) is 9.72 Å². The molecule has 112 valence electrons. The average Bonchev–Trinajstić information content (AvgIpc) is 2.93. The van der Waals surface area contributed by atoms with Crippen molar-refractivity contribution >= 4 is 16.5 Å². The highest BCUT2D eigenvalue weighted by Gasteiger charge is 2.23. The molecule has 5 heteroatoms. The van der Waals surface area contributed by atoms with E-state index in [2.05, 4.69) is 41.4 Å². The van der Waals surface area contributed by atoms with E-state index < -0.39 is 0 Å². The average molecular weight is 303 g/mol. The predicted octanol–water partition coefficient (Wildman–Crippen LogP) is 2.75. The molecule has 0 bridgehead atoms. The lowest BCUT2D eigenvalue weighted by Crippen LogP contribution is -2.43. The molecule has 2 aromatic rings. The predicted molar refractivity (Wildman–Crippen MR) is 87.9 cm³/mol. The number of rotatable bonds is 4. The van der Waals surface area contributed by atoms with Gasteiger partial charge in [0.25, 0.3) is 0 Å². The van der Waals surface area contributed by atoms with Gasteiger partial charge in [-0.1, -0.05) is 41.7 Å². The molecule has 0 radical (unpaired) electrons. The quantitative estimate of drug-likeness (QED) is 0.942. The highest BCUT2D eigenvalue weighted by Crippen LogP contribution is 2.34. The third kappa shape index (κ3) is 3.10. The number of hydrogen-bond donors (Lipinski definition) is 1. The van der Waals surface area contributed by atoms with Crippen LogP contribution in [0, 0.1) is 0 Å². The molecule has 0 spiro atoms. The van der Waals surface area contributed by atoms with E-state index >= 15 is 0 Å². The summed E-state index contributed by atoms with van der Waals surface area (Å²) in [5.41, 5.74) is 2.29. The molecule has 21 heavy (non-hydrogen) atoms. The van der Waals surface area contributed by atoms with Gasteiger partial charge in [0.2, 0.25) is 0 Å². The largest absolute Gasteiger partial charge is 0.377 e. The van der Waals surface area contributed by atoms with Crippen LogP contribution in [0.4, 0.5) is 5.13 Å². The van der Waals surface area contributed by atoms with Crippen molar-refractivity contribution in [2.75, 3.05) is 31.7 Å². The Morgan fingerprint density at radius 1 is 1.38 bits per heavy atom. The van der Waals surface area contributed by atoms with E-state index in [-0.39, 0.29) is 0 Å². The van der Waals surface area contributed by atoms with Crippen molar-refractivity contribution < 1.29 is 4.74 Å². The summed E-state index contributed by atoms with van der Waals surface area (Å²) in [7, 11) is 1.98. The van der Waals surface area contributed by atoms with Gasteiger partial charge in [-0.3, -0.25) is 0 Å². The third-order valence-electron chi connectivity index (χ3n) is 3.68. The Hall–Kier alpha value is -1.43. The van der Waals surface area contributed by atoms with E-state index in [0.29, 0.717) is 6.04 Å². The number of hydrogen-bond acceptors (Lipinski definition) is 5. The van der Waals surface area contributed by atoms with Gasteiger partial charge in [-0.2, -0.15) is 0 Å². The SMILES string of the molecule is CNCc1sc(N2CCOCC2C)nc1-c1ccccc1. The Bertz CT molecular complexity index is 584. The monoisotopic (exact) mass is 303 g/mol. The molecule has 0 aliphatic carbocycles. The molecule has 1 aliphatic heterocycles. The fourth-order valence-electron chi connectivity index (χ4n) is 2.58. The molecule has 1 N–H and O–H groups in total. The van der Waals surface area contributed by atoms with Gasteiger partial charge < -0.3 is 15.0 Å². The van der Waals surface area contributed by atoms with Gasteiger partial charge in [-0.25, -0.2) is 4.98 Å². The molecule has 1 fully saturated rings. The van der Waals surface area contributed by atoms with E-state index in [1.807, 2.05) is 13.1 Å². The van der Waals surface area contributed by atoms with Gasteiger partial charge in [0, 0.05) is 23.5 Å². The van der Waals surface area contributed by atoms with Crippen molar-refractivity contribution in [3.63, 3.8) is 0 Å². The molecule has 3 rings (SSSR count). The van der Waals surface area contributed by atoms with Gasteiger partial charge in [0.1, 0.15) is 0 Å². The first kappa shape index (κ1) is 14.5. The Balaban J connectivity index is 1.96. The first-order valence-corrected chi connectivity index (χ1v) is 8.15. The standard InChI is InChI=1S/C16H21N3OS/c1-12-11-20-9-8-19(12)16-18-15(14(21-16)10-17-2)13-6-4-3-5-7-13/h3-7,12,17H,8-11H2,1-2H3. The smallest absolute Gasteiger partial charge is 0.186 e. The summed E-state index contributed by atoms with van der Waals surface area (Å²) in [5, 5.41) is 4.36. The zero-order chi connectivity index (χ0) is 14.7. The van der Waals surface area contributed by atoms with Gasteiger partial charge in [0.05, 0.1) is 24.9 Å². The maximum Gasteiger partial charge on any atom is 0.186 e. The van der Waals surface area contributed by atoms with Crippen LogP contribution >= 0.6 is 11.3 Å². The number of benzene rings is 1. The number of aromatic nitrogens is 1. The van der Waals surface area contributed by atoms with Gasteiger partial charge in [-0.05, 0) is 14.0 Å². The van der Waals surface area contributed by atoms with Crippen molar-refractivity contribution in [3.8, 4) is 11.3 Å². The fraction of sp³-hybridized carbons (Fsp3) is 0.438. The van der Waals surface area contributed by atoms with Crippen LogP contribution in [0.3, 0.4) is 0 Å². The fourth-order valence-corrected chi connectivity index (χ4v) is 3.80. The summed E-state index contributed by atoms with van der Waals surface area (Å²) in [6, 6.07) is 10.8. The van der Waals surface area contributed by atoms with Crippen molar-refractivity contribution in [2.45, 2.75) is 19.5 Å². The van der Waals surface area contributed by atoms with Crippen LogP contribution in [0.5, 0.6) is 0 Å². The lowest BCUT2D eigenvalue weighted by Gasteiger charge is -2.32. The molecule has 1 aromatic heterocycles. The number of anilines is 1. The van der Waals surface area contributed by atoms with Gasteiger partial charge >= 0.3 is 0 Å². The Morgan fingerprint density at radius 3 is 2.90 bits per heavy atom.